The zero-order chi connectivity index (χ0) is 25.2. The highest BCUT2D eigenvalue weighted by Crippen LogP contribution is 2.32. The zero-order valence-corrected chi connectivity index (χ0v) is 21.0. The smallest absolute Gasteiger partial charge is 0.318 e. The number of methoxy groups -OCH3 is 1. The third-order valence-electron chi connectivity index (χ3n) is 6.64. The van der Waals surface area contributed by atoms with Crippen molar-refractivity contribution in [3.8, 4) is 23.1 Å². The minimum absolute atomic E-state index is 0.273. The van der Waals surface area contributed by atoms with E-state index in [0.29, 0.717) is 47.3 Å². The van der Waals surface area contributed by atoms with Gasteiger partial charge in [0, 0.05) is 41.2 Å². The number of piperidine rings is 1. The molecule has 1 fully saturated rings. The molecule has 0 saturated carbocycles. The van der Waals surface area contributed by atoms with E-state index in [1.165, 1.54) is 12.3 Å². The molecule has 10 heteroatoms. The van der Waals surface area contributed by atoms with Crippen LogP contribution in [0, 0.1) is 12.7 Å². The highest BCUT2D eigenvalue weighted by molar-refractivity contribution is 5.79. The van der Waals surface area contributed by atoms with Gasteiger partial charge in [-0.3, -0.25) is 9.97 Å². The zero-order valence-electron chi connectivity index (χ0n) is 21.0. The van der Waals surface area contributed by atoms with Crippen molar-refractivity contribution >= 4 is 11.2 Å². The lowest BCUT2D eigenvalue weighted by molar-refractivity contribution is 0.253. The van der Waals surface area contributed by atoms with E-state index in [9.17, 15) is 4.39 Å². The molecule has 1 aliphatic rings. The summed E-state index contributed by atoms with van der Waals surface area (Å²) in [6, 6.07) is 3.73. The lowest BCUT2D eigenvalue weighted by Gasteiger charge is -2.28. The number of likely N-dealkylation sites (tertiary alicyclic amines) is 1. The van der Waals surface area contributed by atoms with Crippen molar-refractivity contribution in [2.24, 2.45) is 0 Å². The molecule has 0 radical (unpaired) electrons. The van der Waals surface area contributed by atoms with Crippen LogP contribution in [0.4, 0.5) is 4.39 Å². The molecule has 188 valence electrons. The van der Waals surface area contributed by atoms with Gasteiger partial charge in [0.2, 0.25) is 0 Å². The first-order chi connectivity index (χ1) is 17.5. The van der Waals surface area contributed by atoms with Crippen molar-refractivity contribution in [2.45, 2.75) is 39.2 Å². The molecule has 4 aromatic heterocycles. The van der Waals surface area contributed by atoms with Crippen molar-refractivity contribution < 1.29 is 13.9 Å². The number of aromatic nitrogens is 6. The Balaban J connectivity index is 1.60. The van der Waals surface area contributed by atoms with Crippen LogP contribution in [0.25, 0.3) is 22.6 Å². The summed E-state index contributed by atoms with van der Waals surface area (Å²) < 4.78 is 27.4. The Bertz CT molecular complexity index is 1380. The highest BCUT2D eigenvalue weighted by Gasteiger charge is 2.23. The van der Waals surface area contributed by atoms with Gasteiger partial charge in [0.15, 0.2) is 5.65 Å². The fraction of sp³-hybridized carbons (Fsp3) is 0.423. The van der Waals surface area contributed by atoms with E-state index in [0.717, 1.165) is 42.9 Å². The Morgan fingerprint density at radius 3 is 2.61 bits per heavy atom. The third-order valence-corrected chi connectivity index (χ3v) is 6.64. The van der Waals surface area contributed by atoms with Gasteiger partial charge in [-0.05, 0) is 52.9 Å². The van der Waals surface area contributed by atoms with Gasteiger partial charge in [-0.2, -0.15) is 9.97 Å². The quantitative estimate of drug-likeness (QED) is 0.383. The van der Waals surface area contributed by atoms with Gasteiger partial charge in [-0.15, -0.1) is 0 Å². The molecule has 0 amide bonds. The number of nitrogens with zero attached hydrogens (tertiary/aromatic N) is 7. The van der Waals surface area contributed by atoms with Crippen LogP contribution in [0.15, 0.2) is 30.7 Å². The van der Waals surface area contributed by atoms with Crippen LogP contribution in [0.3, 0.4) is 0 Å². The van der Waals surface area contributed by atoms with Crippen LogP contribution in [-0.4, -0.2) is 68.2 Å². The maximum absolute atomic E-state index is 14.1. The second-order valence-electron chi connectivity index (χ2n) is 9.11. The summed E-state index contributed by atoms with van der Waals surface area (Å²) in [5.41, 5.74) is 4.34. The van der Waals surface area contributed by atoms with Gasteiger partial charge in [-0.1, -0.05) is 0 Å². The van der Waals surface area contributed by atoms with E-state index in [4.69, 9.17) is 19.4 Å². The first-order valence-electron chi connectivity index (χ1n) is 12.2. The third kappa shape index (κ3) is 4.73. The molecule has 36 heavy (non-hydrogen) atoms. The summed E-state index contributed by atoms with van der Waals surface area (Å²) in [7, 11) is 3.82. The van der Waals surface area contributed by atoms with Crippen LogP contribution in [0.1, 0.15) is 42.6 Å². The predicted octanol–water partition coefficient (Wildman–Crippen LogP) is 4.00. The summed E-state index contributed by atoms with van der Waals surface area (Å²) >= 11 is 0. The average Bonchev–Trinajstić information content (AvgIpc) is 3.24. The molecular formula is C26H30FN7O2. The lowest BCUT2D eigenvalue weighted by Crippen LogP contribution is -2.29. The number of fused-ring (bicyclic) bond motifs is 1. The Labute approximate surface area is 209 Å². The molecule has 1 saturated heterocycles. The molecule has 0 aliphatic carbocycles. The van der Waals surface area contributed by atoms with Crippen molar-refractivity contribution in [1.29, 1.82) is 0 Å². The minimum atomic E-state index is -0.439. The SMILES string of the molecule is CCOc1nc(C)c2nc(-c3cncc(F)c3)n(Cc3cnc(C4CCN(C)CC4)cc3OC)c2n1. The number of imidazole rings is 1. The number of aryl methyl sites for hydroxylation is 1. The maximum Gasteiger partial charge on any atom is 0.318 e. The predicted molar refractivity (Wildman–Crippen MR) is 134 cm³/mol. The summed E-state index contributed by atoms with van der Waals surface area (Å²) in [6.45, 7) is 6.67. The van der Waals surface area contributed by atoms with E-state index in [-0.39, 0.29) is 6.01 Å². The Morgan fingerprint density at radius 2 is 1.89 bits per heavy atom. The molecule has 0 atom stereocenters. The van der Waals surface area contributed by atoms with E-state index in [1.807, 2.05) is 30.7 Å². The Hall–Kier alpha value is -3.66. The van der Waals surface area contributed by atoms with Crippen molar-refractivity contribution in [1.82, 2.24) is 34.4 Å². The average molecular weight is 492 g/mol. The van der Waals surface area contributed by atoms with Gasteiger partial charge in [0.25, 0.3) is 0 Å². The molecule has 0 N–H and O–H groups in total. The topological polar surface area (TPSA) is 91.1 Å². The standard InChI is InChI=1S/C26H30FN7O2/c1-5-36-26-30-16(2)23-25(32-26)34(24(31-23)18-10-20(27)14-28-12-18)15-19-13-29-21(11-22(19)35-4)17-6-8-33(3)9-7-17/h10-14,17H,5-9,15H2,1-4H3. The van der Waals surface area contributed by atoms with E-state index >= 15 is 0 Å². The van der Waals surface area contributed by atoms with Crippen LogP contribution < -0.4 is 9.47 Å². The number of pyridine rings is 2. The summed E-state index contributed by atoms with van der Waals surface area (Å²) in [4.78, 5) is 25.0. The number of hydrogen-bond acceptors (Lipinski definition) is 8. The molecular weight excluding hydrogens is 461 g/mol. The first-order valence-corrected chi connectivity index (χ1v) is 12.2. The minimum Gasteiger partial charge on any atom is -0.496 e. The largest absolute Gasteiger partial charge is 0.496 e. The number of ether oxygens (including phenoxy) is 2. The monoisotopic (exact) mass is 491 g/mol. The highest BCUT2D eigenvalue weighted by atomic mass is 19.1. The van der Waals surface area contributed by atoms with Gasteiger partial charge in [0.05, 0.1) is 32.2 Å². The molecule has 5 heterocycles. The molecule has 4 aromatic rings. The van der Waals surface area contributed by atoms with Crippen LogP contribution >= 0.6 is 0 Å². The van der Waals surface area contributed by atoms with E-state index < -0.39 is 5.82 Å². The van der Waals surface area contributed by atoms with Gasteiger partial charge < -0.3 is 18.9 Å². The van der Waals surface area contributed by atoms with Crippen molar-refractivity contribution in [3.05, 3.63) is 53.5 Å². The summed E-state index contributed by atoms with van der Waals surface area (Å²) in [6.07, 6.45) is 6.77. The molecule has 1 aliphatic heterocycles. The molecule has 0 spiro atoms. The number of rotatable bonds is 7. The maximum atomic E-state index is 14.1. The van der Waals surface area contributed by atoms with Crippen LogP contribution in [-0.2, 0) is 6.54 Å². The van der Waals surface area contributed by atoms with E-state index in [1.54, 1.807) is 13.3 Å². The van der Waals surface area contributed by atoms with Crippen LogP contribution in [0.2, 0.25) is 0 Å². The van der Waals surface area contributed by atoms with Gasteiger partial charge >= 0.3 is 6.01 Å². The van der Waals surface area contributed by atoms with Gasteiger partial charge in [0.1, 0.15) is 22.9 Å². The fourth-order valence-corrected chi connectivity index (χ4v) is 4.70. The van der Waals surface area contributed by atoms with Crippen LogP contribution in [0.5, 0.6) is 11.8 Å². The molecule has 9 nitrogen and oxygen atoms in total. The Kier molecular flexibility index (Phi) is 6.77. The van der Waals surface area contributed by atoms with Crippen molar-refractivity contribution in [2.75, 3.05) is 33.9 Å². The molecule has 0 bridgehead atoms. The fourth-order valence-electron chi connectivity index (χ4n) is 4.70. The summed E-state index contributed by atoms with van der Waals surface area (Å²) in [5, 5.41) is 0. The van der Waals surface area contributed by atoms with E-state index in [2.05, 4.69) is 26.9 Å². The second-order valence-corrected chi connectivity index (χ2v) is 9.11. The first kappa shape index (κ1) is 24.1. The summed E-state index contributed by atoms with van der Waals surface area (Å²) in [5.74, 6) is 1.26. The second kappa shape index (κ2) is 10.1. The van der Waals surface area contributed by atoms with Crippen molar-refractivity contribution in [3.63, 3.8) is 0 Å². The van der Waals surface area contributed by atoms with Gasteiger partial charge in [-0.25, -0.2) is 9.37 Å². The molecule has 0 aromatic carbocycles. The Morgan fingerprint density at radius 1 is 1.08 bits per heavy atom. The lowest BCUT2D eigenvalue weighted by atomic mass is 9.93. The number of hydrogen-bond donors (Lipinski definition) is 0. The number of halogens is 1. The molecule has 5 rings (SSSR count). The normalized spacial score (nSPS) is 14.9. The molecule has 0 unspecified atom stereocenters.